The van der Waals surface area contributed by atoms with Gasteiger partial charge in [0, 0.05) is 17.8 Å². The van der Waals surface area contributed by atoms with Gasteiger partial charge in [0.05, 0.1) is 6.54 Å². The summed E-state index contributed by atoms with van der Waals surface area (Å²) in [6, 6.07) is 0. The summed E-state index contributed by atoms with van der Waals surface area (Å²) in [6.07, 6.45) is -2.47. The van der Waals surface area contributed by atoms with Crippen LogP contribution in [0.15, 0.2) is 0 Å². The molecule has 0 aromatic heterocycles. The van der Waals surface area contributed by atoms with Crippen molar-refractivity contribution in [1.82, 2.24) is 5.32 Å². The van der Waals surface area contributed by atoms with E-state index in [1.807, 2.05) is 0 Å². The molecule has 84 valence electrons. The predicted octanol–water partition coefficient (Wildman–Crippen LogP) is 1.36. The van der Waals surface area contributed by atoms with E-state index in [2.05, 4.69) is 5.32 Å². The molecule has 0 saturated carbocycles. The lowest BCUT2D eigenvalue weighted by atomic mass is 9.95. The second-order valence-electron chi connectivity index (χ2n) is 3.61. The van der Waals surface area contributed by atoms with Gasteiger partial charge in [0.15, 0.2) is 0 Å². The van der Waals surface area contributed by atoms with E-state index < -0.39 is 18.3 Å². The molecule has 1 atom stereocenters. The first-order valence-corrected chi connectivity index (χ1v) is 5.73. The molecule has 3 N–H and O–H groups in total. The summed E-state index contributed by atoms with van der Waals surface area (Å²) < 4.78 is 36.0. The molecular formula is C8H15F3N2S. The maximum absolute atomic E-state index is 12.0. The van der Waals surface area contributed by atoms with Gasteiger partial charge in [0.25, 0.3) is 0 Å². The van der Waals surface area contributed by atoms with Gasteiger partial charge in [0.1, 0.15) is 0 Å². The Balaban J connectivity index is 2.44. The molecule has 2 nitrogen and oxygen atoms in total. The number of alkyl halides is 3. The molecule has 1 rings (SSSR count). The molecule has 0 radical (unpaired) electrons. The molecule has 0 spiro atoms. The fourth-order valence-corrected chi connectivity index (χ4v) is 2.76. The smallest absolute Gasteiger partial charge is 0.329 e. The molecule has 0 aromatic rings. The average molecular weight is 228 g/mol. The van der Waals surface area contributed by atoms with Crippen LogP contribution in [0.1, 0.15) is 12.8 Å². The third kappa shape index (κ3) is 3.67. The minimum Gasteiger partial charge on any atom is -0.329 e. The number of nitrogens with two attached hydrogens (primary N) is 1. The molecule has 0 amide bonds. The van der Waals surface area contributed by atoms with Crippen LogP contribution in [0.5, 0.6) is 0 Å². The topological polar surface area (TPSA) is 38.0 Å². The first-order chi connectivity index (χ1) is 6.47. The highest BCUT2D eigenvalue weighted by atomic mass is 32.2. The van der Waals surface area contributed by atoms with E-state index >= 15 is 0 Å². The van der Waals surface area contributed by atoms with Crippen LogP contribution in [-0.2, 0) is 0 Å². The van der Waals surface area contributed by atoms with E-state index in [0.717, 1.165) is 18.6 Å². The number of rotatable bonds is 3. The van der Waals surface area contributed by atoms with Crippen molar-refractivity contribution in [2.45, 2.75) is 24.6 Å². The molecule has 1 unspecified atom stereocenters. The van der Waals surface area contributed by atoms with Crippen LogP contribution in [0.4, 0.5) is 13.2 Å². The van der Waals surface area contributed by atoms with Gasteiger partial charge in [-0.05, 0) is 18.6 Å². The highest BCUT2D eigenvalue weighted by Gasteiger charge is 2.35. The second kappa shape index (κ2) is 4.72. The zero-order chi connectivity index (χ0) is 10.7. The van der Waals surface area contributed by atoms with Crippen molar-refractivity contribution in [2.24, 2.45) is 5.73 Å². The van der Waals surface area contributed by atoms with Crippen LogP contribution in [0.25, 0.3) is 0 Å². The van der Waals surface area contributed by atoms with Crippen molar-refractivity contribution in [3.05, 3.63) is 0 Å². The fourth-order valence-electron chi connectivity index (χ4n) is 1.51. The Morgan fingerprint density at radius 2 is 2.14 bits per heavy atom. The Hall–Kier alpha value is 0.0600. The normalized spacial score (nSPS) is 29.1. The van der Waals surface area contributed by atoms with Crippen molar-refractivity contribution in [3.8, 4) is 0 Å². The zero-order valence-corrected chi connectivity index (χ0v) is 8.68. The van der Waals surface area contributed by atoms with Crippen molar-refractivity contribution in [3.63, 3.8) is 0 Å². The number of hydrogen-bond donors (Lipinski definition) is 2. The van der Waals surface area contributed by atoms with E-state index in [1.165, 1.54) is 0 Å². The predicted molar refractivity (Wildman–Crippen MR) is 52.4 cm³/mol. The Labute approximate surface area is 85.8 Å². The molecule has 1 saturated heterocycles. The maximum atomic E-state index is 12.0. The summed E-state index contributed by atoms with van der Waals surface area (Å²) in [5.41, 5.74) is 5.02. The van der Waals surface area contributed by atoms with E-state index in [0.29, 0.717) is 5.75 Å². The largest absolute Gasteiger partial charge is 0.401 e. The van der Waals surface area contributed by atoms with Gasteiger partial charge in [-0.2, -0.15) is 24.9 Å². The van der Waals surface area contributed by atoms with Crippen molar-refractivity contribution in [1.29, 1.82) is 0 Å². The molecule has 1 heterocycles. The molecule has 0 bridgehead atoms. The van der Waals surface area contributed by atoms with Crippen LogP contribution >= 0.6 is 11.8 Å². The molecule has 6 heteroatoms. The van der Waals surface area contributed by atoms with Crippen LogP contribution in [0.2, 0.25) is 0 Å². The van der Waals surface area contributed by atoms with Gasteiger partial charge < -0.3 is 11.1 Å². The second-order valence-corrected chi connectivity index (χ2v) is 4.71. The van der Waals surface area contributed by atoms with Crippen molar-refractivity contribution >= 4 is 11.8 Å². The summed E-state index contributed by atoms with van der Waals surface area (Å²) in [4.78, 5) is 0. The fraction of sp³-hybridized carbons (Fsp3) is 1.00. The third-order valence-corrected chi connectivity index (χ3v) is 3.71. The molecule has 0 aromatic carbocycles. The minimum absolute atomic E-state index is 0.274. The Morgan fingerprint density at radius 3 is 2.57 bits per heavy atom. The Morgan fingerprint density at radius 1 is 1.43 bits per heavy atom. The van der Waals surface area contributed by atoms with Gasteiger partial charge in [-0.3, -0.25) is 0 Å². The van der Waals surface area contributed by atoms with Gasteiger partial charge in [-0.15, -0.1) is 0 Å². The van der Waals surface area contributed by atoms with Gasteiger partial charge in [-0.25, -0.2) is 0 Å². The summed E-state index contributed by atoms with van der Waals surface area (Å²) in [5.74, 6) is 1.70. The standard InChI is InChI=1S/C8H15F3N2S/c9-8(10,11)5-13-7(4-12)2-1-3-14-6-7/h13H,1-6,12H2. The van der Waals surface area contributed by atoms with Gasteiger partial charge >= 0.3 is 6.18 Å². The molecule has 1 fully saturated rings. The lowest BCUT2D eigenvalue weighted by Gasteiger charge is -2.37. The van der Waals surface area contributed by atoms with Crippen LogP contribution in [0.3, 0.4) is 0 Å². The number of halogens is 3. The molecule has 1 aliphatic heterocycles. The highest BCUT2D eigenvalue weighted by molar-refractivity contribution is 7.99. The average Bonchev–Trinajstić information content (AvgIpc) is 2.15. The molecular weight excluding hydrogens is 213 g/mol. The van der Waals surface area contributed by atoms with Crippen LogP contribution < -0.4 is 11.1 Å². The third-order valence-electron chi connectivity index (χ3n) is 2.38. The lowest BCUT2D eigenvalue weighted by Crippen LogP contribution is -2.57. The van der Waals surface area contributed by atoms with E-state index in [1.54, 1.807) is 11.8 Å². The lowest BCUT2D eigenvalue weighted by molar-refractivity contribution is -0.128. The van der Waals surface area contributed by atoms with Gasteiger partial charge in [0.2, 0.25) is 0 Å². The Kier molecular flexibility index (Phi) is 4.09. The highest BCUT2D eigenvalue weighted by Crippen LogP contribution is 2.27. The summed E-state index contributed by atoms with van der Waals surface area (Å²) >= 11 is 1.67. The first kappa shape index (κ1) is 12.1. The summed E-state index contributed by atoms with van der Waals surface area (Å²) in [7, 11) is 0. The quantitative estimate of drug-likeness (QED) is 0.766. The number of thioether (sulfide) groups is 1. The maximum Gasteiger partial charge on any atom is 0.401 e. The van der Waals surface area contributed by atoms with E-state index in [4.69, 9.17) is 5.73 Å². The molecule has 14 heavy (non-hydrogen) atoms. The van der Waals surface area contributed by atoms with E-state index in [-0.39, 0.29) is 6.54 Å². The summed E-state index contributed by atoms with van der Waals surface area (Å²) in [6.45, 7) is -0.666. The van der Waals surface area contributed by atoms with Crippen molar-refractivity contribution in [2.75, 3.05) is 24.6 Å². The van der Waals surface area contributed by atoms with E-state index in [9.17, 15) is 13.2 Å². The number of hydrogen-bond acceptors (Lipinski definition) is 3. The number of nitrogens with one attached hydrogen (secondary N) is 1. The van der Waals surface area contributed by atoms with Crippen molar-refractivity contribution < 1.29 is 13.2 Å². The van der Waals surface area contributed by atoms with Gasteiger partial charge in [-0.1, -0.05) is 0 Å². The van der Waals surface area contributed by atoms with Crippen LogP contribution in [0, 0.1) is 0 Å². The first-order valence-electron chi connectivity index (χ1n) is 4.57. The molecule has 0 aliphatic carbocycles. The van der Waals surface area contributed by atoms with Crippen LogP contribution in [-0.4, -0.2) is 36.3 Å². The SMILES string of the molecule is NCC1(NCC(F)(F)F)CCCSC1. The Bertz CT molecular complexity index is 178. The minimum atomic E-state index is -4.15. The monoisotopic (exact) mass is 228 g/mol. The zero-order valence-electron chi connectivity index (χ0n) is 7.86. The summed E-state index contributed by atoms with van der Waals surface area (Å²) in [5, 5.41) is 2.55. The molecule has 1 aliphatic rings.